The van der Waals surface area contributed by atoms with Gasteiger partial charge in [0.1, 0.15) is 0 Å². The lowest BCUT2D eigenvalue weighted by Crippen LogP contribution is -2.15. The van der Waals surface area contributed by atoms with Crippen molar-refractivity contribution in [3.05, 3.63) is 0 Å². The lowest BCUT2D eigenvalue weighted by molar-refractivity contribution is 0.168. The van der Waals surface area contributed by atoms with E-state index in [1.54, 1.807) is 0 Å². The van der Waals surface area contributed by atoms with Crippen molar-refractivity contribution in [2.75, 3.05) is 0 Å². The fourth-order valence-corrected chi connectivity index (χ4v) is 2.24. The van der Waals surface area contributed by atoms with Crippen molar-refractivity contribution in [3.8, 4) is 0 Å². The van der Waals surface area contributed by atoms with Crippen molar-refractivity contribution in [3.63, 3.8) is 0 Å². The maximum absolute atomic E-state index is 8.72. The number of rotatable bonds is 5. The first kappa shape index (κ1) is 33.5. The van der Waals surface area contributed by atoms with Crippen LogP contribution in [0.15, 0.2) is 0 Å². The van der Waals surface area contributed by atoms with Crippen molar-refractivity contribution in [1.29, 1.82) is 0 Å². The van der Waals surface area contributed by atoms with Gasteiger partial charge in [-0.3, -0.25) is 0 Å². The van der Waals surface area contributed by atoms with Gasteiger partial charge in [0.2, 0.25) is 0 Å². The Morgan fingerprint density at radius 3 is 0.885 bits per heavy atom. The average molecular weight is 375 g/mol. The summed E-state index contributed by atoms with van der Waals surface area (Å²) < 4.78 is 0. The zero-order valence-electron chi connectivity index (χ0n) is 21.5. The Hall–Kier alpha value is -0.0400. The number of aliphatic hydroxyl groups excluding tert-OH is 1. The molecule has 26 heavy (non-hydrogen) atoms. The molecule has 2 atom stereocenters. The van der Waals surface area contributed by atoms with E-state index in [1.165, 1.54) is 12.8 Å². The molecule has 0 saturated carbocycles. The molecule has 0 aromatic heterocycles. The minimum atomic E-state index is -0.125. The number of hydrogen-bond acceptors (Lipinski definition) is 1. The van der Waals surface area contributed by atoms with Gasteiger partial charge < -0.3 is 5.11 Å². The first-order valence-electron chi connectivity index (χ1n) is 11.1. The van der Waals surface area contributed by atoms with E-state index in [9.17, 15) is 0 Å². The van der Waals surface area contributed by atoms with Crippen molar-refractivity contribution >= 4 is 0 Å². The second-order valence-electron chi connectivity index (χ2n) is 10.9. The van der Waals surface area contributed by atoms with Crippen LogP contribution >= 0.6 is 0 Å². The highest BCUT2D eigenvalue weighted by Crippen LogP contribution is 2.27. The van der Waals surface area contributed by atoms with Crippen LogP contribution in [0.5, 0.6) is 0 Å². The summed E-state index contributed by atoms with van der Waals surface area (Å²) in [6.07, 6.45) is 3.45. The fourth-order valence-electron chi connectivity index (χ4n) is 2.24. The van der Waals surface area contributed by atoms with Gasteiger partial charge >= 0.3 is 0 Å². The molecule has 0 fully saturated rings. The molecule has 0 aromatic carbocycles. The molecule has 1 heteroatoms. The maximum Gasteiger partial charge on any atom is 0.0514 e. The highest BCUT2D eigenvalue weighted by atomic mass is 16.3. The van der Waals surface area contributed by atoms with Crippen LogP contribution in [0.1, 0.15) is 123 Å². The van der Waals surface area contributed by atoms with E-state index in [0.29, 0.717) is 11.3 Å². The van der Waals surface area contributed by atoms with Gasteiger partial charge in [-0.05, 0) is 54.8 Å². The van der Waals surface area contributed by atoms with Gasteiger partial charge in [-0.25, -0.2) is 0 Å². The lowest BCUT2D eigenvalue weighted by atomic mass is 9.81. The molecular formula is C25H58O. The van der Waals surface area contributed by atoms with Crippen molar-refractivity contribution in [2.45, 2.75) is 129 Å². The molecule has 0 bridgehead atoms. The summed E-state index contributed by atoms with van der Waals surface area (Å²) in [4.78, 5) is 0. The van der Waals surface area contributed by atoms with Gasteiger partial charge in [0.25, 0.3) is 0 Å². The minimum absolute atomic E-state index is 0.125. The van der Waals surface area contributed by atoms with E-state index in [-0.39, 0.29) is 6.10 Å². The quantitative estimate of drug-likeness (QED) is 0.509. The molecule has 0 aliphatic rings. The summed E-state index contributed by atoms with van der Waals surface area (Å²) >= 11 is 0. The summed E-state index contributed by atoms with van der Waals surface area (Å²) in [5, 5.41) is 8.72. The number of hydrogen-bond donors (Lipinski definition) is 1. The van der Waals surface area contributed by atoms with Crippen LogP contribution in [-0.2, 0) is 0 Å². The second-order valence-corrected chi connectivity index (χ2v) is 10.9. The Morgan fingerprint density at radius 2 is 0.885 bits per heavy atom. The average Bonchev–Trinajstić information content (AvgIpc) is 2.33. The van der Waals surface area contributed by atoms with E-state index in [2.05, 4.69) is 96.9 Å². The third-order valence-corrected chi connectivity index (χ3v) is 3.85. The molecule has 0 spiro atoms. The molecule has 0 rings (SSSR count). The third kappa shape index (κ3) is 49.6. The first-order valence-corrected chi connectivity index (χ1v) is 11.1. The largest absolute Gasteiger partial charge is 0.393 e. The van der Waals surface area contributed by atoms with Gasteiger partial charge in [-0.1, -0.05) is 103 Å². The molecular weight excluding hydrogens is 316 g/mol. The molecule has 0 heterocycles. The Labute approximate surface area is 169 Å². The fraction of sp³-hybridized carbons (Fsp3) is 1.00. The SMILES string of the molecule is CC(C)C.CC(C)CC(C)C.CC(C)CC(C)O.CCC(C)C(C)(C)C. The molecule has 0 saturated heterocycles. The summed E-state index contributed by atoms with van der Waals surface area (Å²) in [5.41, 5.74) is 0.509. The Bertz CT molecular complexity index is 215. The summed E-state index contributed by atoms with van der Waals surface area (Å²) in [5.74, 6) is 4.06. The molecule has 0 radical (unpaired) electrons. The predicted octanol–water partition coefficient (Wildman–Crippen LogP) is 8.84. The summed E-state index contributed by atoms with van der Waals surface area (Å²) in [7, 11) is 0. The van der Waals surface area contributed by atoms with E-state index in [0.717, 1.165) is 30.1 Å². The van der Waals surface area contributed by atoms with Crippen LogP contribution in [0.4, 0.5) is 0 Å². The van der Waals surface area contributed by atoms with Crippen molar-refractivity contribution in [1.82, 2.24) is 0 Å². The molecule has 1 N–H and O–H groups in total. The van der Waals surface area contributed by atoms with Gasteiger partial charge in [-0.15, -0.1) is 0 Å². The summed E-state index contributed by atoms with van der Waals surface area (Å²) in [6, 6.07) is 0. The van der Waals surface area contributed by atoms with Crippen LogP contribution in [0, 0.1) is 35.0 Å². The van der Waals surface area contributed by atoms with E-state index < -0.39 is 0 Å². The smallest absolute Gasteiger partial charge is 0.0514 e. The van der Waals surface area contributed by atoms with Crippen LogP contribution < -0.4 is 0 Å². The highest BCUT2D eigenvalue weighted by molar-refractivity contribution is 4.67. The zero-order chi connectivity index (χ0) is 22.1. The molecule has 0 amide bonds. The van der Waals surface area contributed by atoms with E-state index >= 15 is 0 Å². The second kappa shape index (κ2) is 19.7. The van der Waals surface area contributed by atoms with Gasteiger partial charge in [0.05, 0.1) is 6.10 Å². The topological polar surface area (TPSA) is 20.2 Å². The lowest BCUT2D eigenvalue weighted by Gasteiger charge is -2.25. The number of aliphatic hydroxyl groups is 1. The maximum atomic E-state index is 8.72. The van der Waals surface area contributed by atoms with E-state index in [4.69, 9.17) is 5.11 Å². The highest BCUT2D eigenvalue weighted by Gasteiger charge is 2.16. The van der Waals surface area contributed by atoms with Crippen LogP contribution in [0.3, 0.4) is 0 Å². The predicted molar refractivity (Wildman–Crippen MR) is 125 cm³/mol. The monoisotopic (exact) mass is 374 g/mol. The molecule has 1 nitrogen and oxygen atoms in total. The first-order chi connectivity index (χ1) is 11.5. The normalized spacial score (nSPS) is 13.4. The summed E-state index contributed by atoms with van der Waals surface area (Å²) in [6.45, 7) is 33.0. The molecule has 0 aliphatic carbocycles. The van der Waals surface area contributed by atoms with Crippen LogP contribution in [0.2, 0.25) is 0 Å². The Balaban J connectivity index is -0.000000127. The molecule has 0 aromatic rings. The van der Waals surface area contributed by atoms with Gasteiger partial charge in [0.15, 0.2) is 0 Å². The Morgan fingerprint density at radius 1 is 0.615 bits per heavy atom. The van der Waals surface area contributed by atoms with E-state index in [1.807, 2.05) is 6.92 Å². The zero-order valence-corrected chi connectivity index (χ0v) is 21.5. The Kier molecular flexibility index (Phi) is 25.4. The van der Waals surface area contributed by atoms with Crippen molar-refractivity contribution < 1.29 is 5.11 Å². The van der Waals surface area contributed by atoms with Gasteiger partial charge in [-0.2, -0.15) is 0 Å². The standard InChI is InChI=1S/C8H18.C7H16.C6H14O.C4H10/c1-6-7(2)8(3,4)5;1-6(2)5-7(3)4;1-5(2)4-6(3)7;1-4(2)3/h7H,6H2,1-5H3;6-7H,5H2,1-4H3;5-7H,4H2,1-3H3;4H,1-3H3. The molecule has 0 aliphatic heterocycles. The van der Waals surface area contributed by atoms with Crippen LogP contribution in [-0.4, -0.2) is 11.2 Å². The van der Waals surface area contributed by atoms with Crippen LogP contribution in [0.25, 0.3) is 0 Å². The minimum Gasteiger partial charge on any atom is -0.393 e. The molecule has 164 valence electrons. The van der Waals surface area contributed by atoms with Gasteiger partial charge in [0, 0.05) is 0 Å². The van der Waals surface area contributed by atoms with Crippen molar-refractivity contribution in [2.24, 2.45) is 35.0 Å². The third-order valence-electron chi connectivity index (χ3n) is 3.85. The molecule has 2 unspecified atom stereocenters.